The number of carbonyl (C=O) groups excluding carboxylic acids is 1. The van der Waals surface area contributed by atoms with Crippen LogP contribution in [0.2, 0.25) is 0 Å². The van der Waals surface area contributed by atoms with Crippen molar-refractivity contribution in [3.05, 3.63) is 69.7 Å². The van der Waals surface area contributed by atoms with Crippen LogP contribution in [0.5, 0.6) is 0 Å². The molecule has 0 saturated heterocycles. The first-order chi connectivity index (χ1) is 13.3. The van der Waals surface area contributed by atoms with Crippen LogP contribution in [0.25, 0.3) is 10.8 Å². The van der Waals surface area contributed by atoms with Crippen LogP contribution in [0.3, 0.4) is 0 Å². The summed E-state index contributed by atoms with van der Waals surface area (Å²) in [6.07, 6.45) is 9.56. The summed E-state index contributed by atoms with van der Waals surface area (Å²) in [5.74, 6) is -2.28. The van der Waals surface area contributed by atoms with Crippen LogP contribution in [0.4, 0.5) is 13.6 Å². The lowest BCUT2D eigenvalue weighted by Gasteiger charge is -2.28. The molecule has 2 amide bonds. The fraction of sp³-hybridized carbons (Fsp3) is 0.333. The van der Waals surface area contributed by atoms with Crippen molar-refractivity contribution in [1.29, 1.82) is 0 Å². The van der Waals surface area contributed by atoms with Crippen molar-refractivity contribution in [2.24, 2.45) is 0 Å². The fourth-order valence-electron chi connectivity index (χ4n) is 3.36. The minimum Gasteiger partial charge on any atom is -0.331 e. The molecule has 0 saturated carbocycles. The molecule has 0 bridgehead atoms. The van der Waals surface area contributed by atoms with Gasteiger partial charge in [-0.2, -0.15) is 0 Å². The summed E-state index contributed by atoms with van der Waals surface area (Å²) in [5.41, 5.74) is 0.864. The number of hydrogen-bond donors (Lipinski definition) is 2. The van der Waals surface area contributed by atoms with Crippen LogP contribution in [0.1, 0.15) is 38.3 Å². The molecule has 3 rings (SSSR count). The number of carbonyl (C=O) groups is 1. The third-order valence-corrected chi connectivity index (χ3v) is 5.21. The molecule has 1 aliphatic rings. The van der Waals surface area contributed by atoms with Gasteiger partial charge in [0.2, 0.25) is 0 Å². The van der Waals surface area contributed by atoms with Gasteiger partial charge in [0.1, 0.15) is 0 Å². The third kappa shape index (κ3) is 3.69. The average molecular weight is 387 g/mol. The van der Waals surface area contributed by atoms with E-state index in [0.29, 0.717) is 5.56 Å². The molecule has 2 N–H and O–H groups in total. The number of allylic oxidation sites excluding steroid dienone is 2. The number of aromatic nitrogens is 1. The quantitative estimate of drug-likeness (QED) is 0.827. The van der Waals surface area contributed by atoms with Crippen molar-refractivity contribution in [2.75, 3.05) is 7.05 Å². The number of urea groups is 1. The van der Waals surface area contributed by atoms with Gasteiger partial charge in [0.15, 0.2) is 11.6 Å². The van der Waals surface area contributed by atoms with Crippen molar-refractivity contribution in [3.63, 3.8) is 0 Å². The maximum absolute atomic E-state index is 14.1. The predicted octanol–water partition coefficient (Wildman–Crippen LogP) is 4.17. The number of pyridine rings is 1. The van der Waals surface area contributed by atoms with Gasteiger partial charge in [0, 0.05) is 13.2 Å². The molecular weight excluding hydrogens is 364 g/mol. The van der Waals surface area contributed by atoms with E-state index in [9.17, 15) is 18.4 Å². The SMILES string of the molecule is CC(NC(=O)N(C)C(C)c1c[nH]c(=O)c2c(F)c(F)ccc12)C1=CCCC=C1. The van der Waals surface area contributed by atoms with Crippen molar-refractivity contribution >= 4 is 16.8 Å². The monoisotopic (exact) mass is 387 g/mol. The van der Waals surface area contributed by atoms with Gasteiger partial charge in [-0.1, -0.05) is 24.3 Å². The number of hydrogen-bond acceptors (Lipinski definition) is 2. The Labute approximate surface area is 161 Å². The topological polar surface area (TPSA) is 65.2 Å². The molecule has 5 nitrogen and oxygen atoms in total. The summed E-state index contributed by atoms with van der Waals surface area (Å²) in [6, 6.07) is 1.41. The maximum Gasteiger partial charge on any atom is 0.318 e. The van der Waals surface area contributed by atoms with Gasteiger partial charge in [-0.15, -0.1) is 0 Å². The average Bonchev–Trinajstić information content (AvgIpc) is 2.70. The number of aromatic amines is 1. The first kappa shape index (κ1) is 19.8. The Morgan fingerprint density at radius 2 is 2.00 bits per heavy atom. The van der Waals surface area contributed by atoms with E-state index in [2.05, 4.69) is 22.5 Å². The third-order valence-electron chi connectivity index (χ3n) is 5.21. The van der Waals surface area contributed by atoms with E-state index in [4.69, 9.17) is 0 Å². The highest BCUT2D eigenvalue weighted by Crippen LogP contribution is 2.27. The zero-order valence-corrected chi connectivity index (χ0v) is 16.1. The second kappa shape index (κ2) is 7.96. The van der Waals surface area contributed by atoms with E-state index >= 15 is 0 Å². The fourth-order valence-corrected chi connectivity index (χ4v) is 3.36. The van der Waals surface area contributed by atoms with Crippen molar-refractivity contribution < 1.29 is 13.6 Å². The van der Waals surface area contributed by atoms with Gasteiger partial charge in [0.05, 0.1) is 17.5 Å². The Morgan fingerprint density at radius 3 is 2.68 bits per heavy atom. The van der Waals surface area contributed by atoms with Crippen LogP contribution in [-0.4, -0.2) is 29.0 Å². The molecule has 0 radical (unpaired) electrons. The second-order valence-electron chi connectivity index (χ2n) is 7.00. The van der Waals surface area contributed by atoms with Crippen molar-refractivity contribution in [3.8, 4) is 0 Å². The lowest BCUT2D eigenvalue weighted by molar-refractivity contribution is 0.193. The molecule has 2 atom stereocenters. The zero-order chi connectivity index (χ0) is 20.4. The largest absolute Gasteiger partial charge is 0.331 e. The van der Waals surface area contributed by atoms with E-state index in [1.807, 2.05) is 13.0 Å². The maximum atomic E-state index is 14.1. The van der Waals surface area contributed by atoms with Crippen LogP contribution in [-0.2, 0) is 0 Å². The van der Waals surface area contributed by atoms with Crippen LogP contribution in [0, 0.1) is 11.6 Å². The minimum absolute atomic E-state index is 0.155. The standard InChI is InChI=1S/C21H23F2N3O2/c1-12(14-7-5-4-6-8-14)25-21(28)26(3)13(2)16-11-24-20(27)18-15(16)9-10-17(22)19(18)23/h5,7-13H,4,6H2,1-3H3,(H,24,27)(H,25,28). The van der Waals surface area contributed by atoms with Gasteiger partial charge in [-0.25, -0.2) is 13.6 Å². The smallest absolute Gasteiger partial charge is 0.318 e. The van der Waals surface area contributed by atoms with Gasteiger partial charge in [-0.3, -0.25) is 4.79 Å². The minimum atomic E-state index is -1.19. The van der Waals surface area contributed by atoms with E-state index in [-0.39, 0.29) is 22.8 Å². The van der Waals surface area contributed by atoms with Gasteiger partial charge in [0.25, 0.3) is 5.56 Å². The summed E-state index contributed by atoms with van der Waals surface area (Å²) < 4.78 is 27.7. The number of rotatable bonds is 4. The van der Waals surface area contributed by atoms with E-state index in [1.54, 1.807) is 14.0 Å². The van der Waals surface area contributed by atoms with Gasteiger partial charge in [-0.05, 0) is 49.3 Å². The highest BCUT2D eigenvalue weighted by Gasteiger charge is 2.23. The molecule has 148 valence electrons. The summed E-state index contributed by atoms with van der Waals surface area (Å²) >= 11 is 0. The van der Waals surface area contributed by atoms with Gasteiger partial charge >= 0.3 is 6.03 Å². The summed E-state index contributed by atoms with van der Waals surface area (Å²) in [4.78, 5) is 28.6. The second-order valence-corrected chi connectivity index (χ2v) is 7.00. The summed E-state index contributed by atoms with van der Waals surface area (Å²) in [7, 11) is 1.62. The Morgan fingerprint density at radius 1 is 1.25 bits per heavy atom. The Balaban J connectivity index is 1.86. The summed E-state index contributed by atoms with van der Waals surface area (Å²) in [5, 5.41) is 2.88. The van der Waals surface area contributed by atoms with E-state index in [0.717, 1.165) is 24.5 Å². The highest BCUT2D eigenvalue weighted by molar-refractivity contribution is 5.86. The molecular formula is C21H23F2N3O2. The van der Waals surface area contributed by atoms with Crippen LogP contribution < -0.4 is 10.9 Å². The highest BCUT2D eigenvalue weighted by atomic mass is 19.2. The Kier molecular flexibility index (Phi) is 5.63. The number of benzene rings is 1. The number of H-pyrrole nitrogens is 1. The number of nitrogens with one attached hydrogen (secondary N) is 2. The van der Waals surface area contributed by atoms with Crippen LogP contribution >= 0.6 is 0 Å². The number of nitrogens with zero attached hydrogens (tertiary/aromatic N) is 1. The predicted molar refractivity (Wildman–Crippen MR) is 105 cm³/mol. The van der Waals surface area contributed by atoms with E-state index in [1.165, 1.54) is 17.2 Å². The molecule has 2 aromatic rings. The molecule has 1 aromatic carbocycles. The summed E-state index contributed by atoms with van der Waals surface area (Å²) in [6.45, 7) is 3.67. The van der Waals surface area contributed by atoms with Gasteiger partial charge < -0.3 is 15.2 Å². The number of halogens is 2. The van der Waals surface area contributed by atoms with Crippen molar-refractivity contribution in [2.45, 2.75) is 38.8 Å². The molecule has 0 spiro atoms. The van der Waals surface area contributed by atoms with E-state index < -0.39 is 23.2 Å². The molecule has 1 heterocycles. The van der Waals surface area contributed by atoms with Crippen LogP contribution in [0.15, 0.2) is 46.9 Å². The molecule has 1 aliphatic carbocycles. The molecule has 1 aromatic heterocycles. The Bertz CT molecular complexity index is 1030. The number of fused-ring (bicyclic) bond motifs is 1. The molecule has 7 heteroatoms. The lowest BCUT2D eigenvalue weighted by atomic mass is 10.0. The molecule has 0 fully saturated rings. The zero-order valence-electron chi connectivity index (χ0n) is 16.1. The Hall–Kier alpha value is -2.96. The molecule has 0 aliphatic heterocycles. The molecule has 2 unspecified atom stereocenters. The van der Waals surface area contributed by atoms with Crippen molar-refractivity contribution in [1.82, 2.24) is 15.2 Å². The lowest BCUT2D eigenvalue weighted by Crippen LogP contribution is -2.43. The first-order valence-corrected chi connectivity index (χ1v) is 9.20. The normalized spacial score (nSPS) is 15.8. The number of amides is 2. The first-order valence-electron chi connectivity index (χ1n) is 9.20. The molecule has 28 heavy (non-hydrogen) atoms.